The van der Waals surface area contributed by atoms with Gasteiger partial charge >= 0.3 is 0 Å². The average Bonchev–Trinajstić information content (AvgIpc) is 2.20. The van der Waals surface area contributed by atoms with Crippen molar-refractivity contribution in [2.45, 2.75) is 73.4 Å². The van der Waals surface area contributed by atoms with Gasteiger partial charge in [-0.25, -0.2) is 0 Å². The molecule has 0 bridgehead atoms. The van der Waals surface area contributed by atoms with Crippen molar-refractivity contribution in [3.63, 3.8) is 0 Å². The third kappa shape index (κ3) is 8.73. The maximum absolute atomic E-state index is 4.60. The Bertz CT molecular complexity index is 468. The summed E-state index contributed by atoms with van der Waals surface area (Å²) in [4.78, 5) is 13.7. The van der Waals surface area contributed by atoms with Gasteiger partial charge in [-0.15, -0.1) is 0 Å². The van der Waals surface area contributed by atoms with Gasteiger partial charge in [-0.2, -0.15) is 15.0 Å². The molecule has 21 heavy (non-hydrogen) atoms. The van der Waals surface area contributed by atoms with Gasteiger partial charge in [0.15, 0.2) is 15.5 Å². The Labute approximate surface area is 141 Å². The second-order valence-corrected chi connectivity index (χ2v) is 11.4. The van der Waals surface area contributed by atoms with Crippen LogP contribution in [0, 0.1) is 0 Å². The summed E-state index contributed by atoms with van der Waals surface area (Å²) in [5, 5.41) is 2.38. The molecule has 1 rings (SSSR count). The molecule has 0 fully saturated rings. The second kappa shape index (κ2) is 7.38. The lowest BCUT2D eigenvalue weighted by Crippen LogP contribution is -2.12. The van der Waals surface area contributed by atoms with Crippen LogP contribution < -0.4 is 0 Å². The van der Waals surface area contributed by atoms with Gasteiger partial charge in [0.05, 0.1) is 0 Å². The van der Waals surface area contributed by atoms with Crippen LogP contribution in [0.15, 0.2) is 27.6 Å². The first-order valence-corrected chi connectivity index (χ1v) is 9.48. The molecule has 0 saturated carbocycles. The van der Waals surface area contributed by atoms with Gasteiger partial charge in [-0.3, -0.25) is 0 Å². The van der Waals surface area contributed by atoms with Gasteiger partial charge in [0.25, 0.3) is 0 Å². The minimum absolute atomic E-state index is 0.0846. The molecule has 0 aromatic carbocycles. The standard InChI is InChI=1S/C15H25N3S3/c1-10(2)9-19-11-16-12(20-14(3,4)5)18-13(17-11)21-15(6,7)8/h1,9H2,2-8H3. The fraction of sp³-hybridized carbons (Fsp3) is 0.667. The first-order valence-electron chi connectivity index (χ1n) is 6.86. The zero-order valence-corrected chi connectivity index (χ0v) is 16.4. The van der Waals surface area contributed by atoms with Crippen LogP contribution in [0.2, 0.25) is 0 Å². The Balaban J connectivity index is 3.04. The molecule has 0 radical (unpaired) electrons. The number of aromatic nitrogens is 3. The van der Waals surface area contributed by atoms with Gasteiger partial charge in [0.1, 0.15) is 0 Å². The monoisotopic (exact) mass is 343 g/mol. The molecular weight excluding hydrogens is 318 g/mol. The van der Waals surface area contributed by atoms with E-state index in [9.17, 15) is 0 Å². The highest BCUT2D eigenvalue weighted by atomic mass is 32.2. The summed E-state index contributed by atoms with van der Waals surface area (Å²) >= 11 is 4.98. The van der Waals surface area contributed by atoms with Crippen LogP contribution in [-0.2, 0) is 0 Å². The summed E-state index contributed by atoms with van der Waals surface area (Å²) in [7, 11) is 0. The van der Waals surface area contributed by atoms with Gasteiger partial charge in [-0.1, -0.05) is 89.0 Å². The molecule has 0 aliphatic rings. The van der Waals surface area contributed by atoms with Gasteiger partial charge < -0.3 is 0 Å². The van der Waals surface area contributed by atoms with E-state index in [0.29, 0.717) is 0 Å². The Morgan fingerprint density at radius 1 is 0.857 bits per heavy atom. The summed E-state index contributed by atoms with van der Waals surface area (Å²) < 4.78 is 0.169. The lowest BCUT2D eigenvalue weighted by atomic mass is 10.3. The van der Waals surface area contributed by atoms with Crippen molar-refractivity contribution in [1.82, 2.24) is 15.0 Å². The molecule has 0 N–H and O–H groups in total. The Morgan fingerprint density at radius 3 is 1.57 bits per heavy atom. The van der Waals surface area contributed by atoms with Crippen molar-refractivity contribution in [2.75, 3.05) is 5.75 Å². The molecule has 0 unspecified atom stereocenters. The van der Waals surface area contributed by atoms with Crippen LogP contribution in [0.4, 0.5) is 0 Å². The fourth-order valence-electron chi connectivity index (χ4n) is 1.21. The summed E-state index contributed by atoms with van der Waals surface area (Å²) in [5.41, 5.74) is 1.12. The molecule has 1 aromatic heterocycles. The van der Waals surface area contributed by atoms with Crippen LogP contribution in [0.5, 0.6) is 0 Å². The van der Waals surface area contributed by atoms with E-state index in [0.717, 1.165) is 26.8 Å². The SMILES string of the molecule is C=C(C)CSc1nc(SC(C)(C)C)nc(SC(C)(C)C)n1. The topological polar surface area (TPSA) is 38.7 Å². The highest BCUT2D eigenvalue weighted by molar-refractivity contribution is 8.01. The molecule has 0 atom stereocenters. The largest absolute Gasteiger partial charge is 0.196 e. The lowest BCUT2D eigenvalue weighted by molar-refractivity contribution is 0.695. The van der Waals surface area contributed by atoms with Crippen LogP contribution >= 0.6 is 35.3 Å². The third-order valence-electron chi connectivity index (χ3n) is 1.82. The molecule has 0 amide bonds. The van der Waals surface area contributed by atoms with Crippen molar-refractivity contribution in [3.05, 3.63) is 12.2 Å². The summed E-state index contributed by atoms with van der Waals surface area (Å²) in [6.07, 6.45) is 0. The van der Waals surface area contributed by atoms with Crippen LogP contribution in [0.3, 0.4) is 0 Å². The number of rotatable bonds is 5. The van der Waals surface area contributed by atoms with E-state index in [4.69, 9.17) is 0 Å². The normalized spacial score (nSPS) is 12.5. The quantitative estimate of drug-likeness (QED) is 0.532. The van der Waals surface area contributed by atoms with E-state index in [-0.39, 0.29) is 9.49 Å². The van der Waals surface area contributed by atoms with Gasteiger partial charge in [-0.05, 0) is 6.92 Å². The Hall–Kier alpha value is -0.200. The maximum atomic E-state index is 4.60. The molecule has 0 aliphatic carbocycles. The van der Waals surface area contributed by atoms with E-state index in [2.05, 4.69) is 63.1 Å². The van der Waals surface area contributed by atoms with E-state index in [1.165, 1.54) is 0 Å². The number of hydrogen-bond donors (Lipinski definition) is 0. The number of hydrogen-bond acceptors (Lipinski definition) is 6. The molecule has 1 aromatic rings. The molecule has 118 valence electrons. The lowest BCUT2D eigenvalue weighted by Gasteiger charge is -2.19. The first-order chi connectivity index (χ1) is 9.44. The van der Waals surface area contributed by atoms with Crippen LogP contribution in [0.1, 0.15) is 48.5 Å². The maximum Gasteiger partial charge on any atom is 0.193 e. The minimum atomic E-state index is 0.0846. The van der Waals surface area contributed by atoms with Crippen LogP contribution in [0.25, 0.3) is 0 Å². The Morgan fingerprint density at radius 2 is 1.24 bits per heavy atom. The van der Waals surface area contributed by atoms with Crippen molar-refractivity contribution in [1.29, 1.82) is 0 Å². The highest BCUT2D eigenvalue weighted by Gasteiger charge is 2.20. The van der Waals surface area contributed by atoms with Gasteiger partial charge in [0, 0.05) is 15.2 Å². The molecule has 0 spiro atoms. The molecular formula is C15H25N3S3. The Kier molecular flexibility index (Phi) is 6.62. The number of thioether (sulfide) groups is 3. The zero-order chi connectivity index (χ0) is 16.3. The molecule has 3 nitrogen and oxygen atoms in total. The second-order valence-electron chi connectivity index (χ2n) is 6.86. The van der Waals surface area contributed by atoms with E-state index < -0.39 is 0 Å². The third-order valence-corrected chi connectivity index (χ3v) is 4.85. The van der Waals surface area contributed by atoms with E-state index >= 15 is 0 Å². The molecule has 0 aliphatic heterocycles. The summed E-state index contributed by atoms with van der Waals surface area (Å²) in [6.45, 7) is 18.9. The van der Waals surface area contributed by atoms with Crippen LogP contribution in [-0.4, -0.2) is 30.2 Å². The molecule has 0 saturated heterocycles. The molecule has 1 heterocycles. The van der Waals surface area contributed by atoms with Crippen molar-refractivity contribution < 1.29 is 0 Å². The zero-order valence-electron chi connectivity index (χ0n) is 14.0. The molecule has 6 heteroatoms. The summed E-state index contributed by atoms with van der Waals surface area (Å²) in [6, 6.07) is 0. The average molecular weight is 344 g/mol. The van der Waals surface area contributed by atoms with Crippen molar-refractivity contribution in [3.8, 4) is 0 Å². The summed E-state index contributed by atoms with van der Waals surface area (Å²) in [5.74, 6) is 0.837. The minimum Gasteiger partial charge on any atom is -0.196 e. The van der Waals surface area contributed by atoms with E-state index in [1.54, 1.807) is 35.3 Å². The highest BCUT2D eigenvalue weighted by Crippen LogP contribution is 2.34. The fourth-order valence-corrected chi connectivity index (χ4v) is 3.69. The first kappa shape index (κ1) is 18.8. The smallest absolute Gasteiger partial charge is 0.193 e. The van der Waals surface area contributed by atoms with Crippen molar-refractivity contribution >= 4 is 35.3 Å². The predicted molar refractivity (Wildman–Crippen MR) is 96.6 cm³/mol. The van der Waals surface area contributed by atoms with Crippen molar-refractivity contribution in [2.24, 2.45) is 0 Å². The van der Waals surface area contributed by atoms with E-state index in [1.807, 2.05) is 6.92 Å². The predicted octanol–water partition coefficient (Wildman–Crippen LogP) is 5.32. The number of nitrogens with zero attached hydrogens (tertiary/aromatic N) is 3. The van der Waals surface area contributed by atoms with Gasteiger partial charge in [0.2, 0.25) is 0 Å².